The molecule has 0 radical (unpaired) electrons. The zero-order chi connectivity index (χ0) is 22.2. The van der Waals surface area contributed by atoms with Gasteiger partial charge in [0.15, 0.2) is 0 Å². The SMILES string of the molecule is Cc1ccc(-c2c(C)sc3nc(CSc4nnc(-c5ccc(F)cc5)o4)[nH]c(=O)c23)cc1. The van der Waals surface area contributed by atoms with Crippen molar-refractivity contribution >= 4 is 33.3 Å². The van der Waals surface area contributed by atoms with Crippen LogP contribution < -0.4 is 5.56 Å². The third-order valence-corrected chi connectivity index (χ3v) is 6.79. The Labute approximate surface area is 190 Å². The van der Waals surface area contributed by atoms with Gasteiger partial charge >= 0.3 is 0 Å². The summed E-state index contributed by atoms with van der Waals surface area (Å²) >= 11 is 2.78. The van der Waals surface area contributed by atoms with Crippen LogP contribution in [0.15, 0.2) is 63.0 Å². The van der Waals surface area contributed by atoms with Crippen LogP contribution in [0.2, 0.25) is 0 Å². The molecule has 0 saturated heterocycles. The van der Waals surface area contributed by atoms with E-state index in [1.54, 1.807) is 12.1 Å². The van der Waals surface area contributed by atoms with Gasteiger partial charge in [-0.3, -0.25) is 4.79 Å². The quantitative estimate of drug-likeness (QED) is 0.333. The Kier molecular flexibility index (Phi) is 5.36. The van der Waals surface area contributed by atoms with Crippen LogP contribution in [0, 0.1) is 19.7 Å². The zero-order valence-corrected chi connectivity index (χ0v) is 18.8. The van der Waals surface area contributed by atoms with Crippen molar-refractivity contribution in [2.45, 2.75) is 24.8 Å². The van der Waals surface area contributed by atoms with Crippen LogP contribution >= 0.6 is 23.1 Å². The Morgan fingerprint density at radius 3 is 2.50 bits per heavy atom. The number of nitrogens with one attached hydrogen (secondary N) is 1. The van der Waals surface area contributed by atoms with Crippen LogP contribution in [0.25, 0.3) is 32.8 Å². The number of nitrogens with zero attached hydrogens (tertiary/aromatic N) is 3. The van der Waals surface area contributed by atoms with E-state index in [1.807, 2.05) is 38.1 Å². The van der Waals surface area contributed by atoms with E-state index in [4.69, 9.17) is 4.42 Å². The molecule has 0 saturated carbocycles. The predicted molar refractivity (Wildman–Crippen MR) is 124 cm³/mol. The largest absolute Gasteiger partial charge is 0.411 e. The van der Waals surface area contributed by atoms with Crippen molar-refractivity contribution in [1.82, 2.24) is 20.2 Å². The van der Waals surface area contributed by atoms with Gasteiger partial charge in [0.2, 0.25) is 5.89 Å². The van der Waals surface area contributed by atoms with Gasteiger partial charge in [-0.25, -0.2) is 9.37 Å². The first-order valence-electron chi connectivity index (χ1n) is 9.79. The lowest BCUT2D eigenvalue weighted by atomic mass is 10.0. The Bertz CT molecular complexity index is 1470. The molecule has 0 spiro atoms. The standard InChI is InChI=1S/C23H17FN4O2S2/c1-12-3-5-14(6-4-12)18-13(2)32-22-19(18)20(29)25-17(26-22)11-31-23-28-27-21(30-23)15-7-9-16(24)10-8-15/h3-10H,11H2,1-2H3,(H,25,26,29). The van der Waals surface area contributed by atoms with Crippen molar-refractivity contribution in [1.29, 1.82) is 0 Å². The maximum Gasteiger partial charge on any atom is 0.277 e. The van der Waals surface area contributed by atoms with Crippen LogP contribution in [-0.2, 0) is 5.75 Å². The fraction of sp³-hybridized carbons (Fsp3) is 0.130. The molecule has 5 aromatic rings. The third-order valence-electron chi connectivity index (χ3n) is 4.96. The summed E-state index contributed by atoms with van der Waals surface area (Å²) in [5.74, 6) is 0.877. The molecular formula is C23H17FN4O2S2. The summed E-state index contributed by atoms with van der Waals surface area (Å²) in [6.45, 7) is 4.04. The molecule has 0 amide bonds. The molecule has 3 aromatic heterocycles. The van der Waals surface area contributed by atoms with E-state index >= 15 is 0 Å². The average Bonchev–Trinajstić information content (AvgIpc) is 3.38. The first kappa shape index (κ1) is 20.6. The van der Waals surface area contributed by atoms with E-state index in [0.717, 1.165) is 16.0 Å². The molecule has 0 unspecified atom stereocenters. The van der Waals surface area contributed by atoms with Gasteiger partial charge in [-0.05, 0) is 43.7 Å². The van der Waals surface area contributed by atoms with Gasteiger partial charge < -0.3 is 9.40 Å². The number of benzene rings is 2. The van der Waals surface area contributed by atoms with E-state index in [1.165, 1.54) is 40.8 Å². The van der Waals surface area contributed by atoms with E-state index < -0.39 is 0 Å². The highest BCUT2D eigenvalue weighted by atomic mass is 32.2. The summed E-state index contributed by atoms with van der Waals surface area (Å²) in [7, 11) is 0. The van der Waals surface area contributed by atoms with Crippen molar-refractivity contribution in [3.8, 4) is 22.6 Å². The van der Waals surface area contributed by atoms with Gasteiger partial charge in [-0.15, -0.1) is 21.5 Å². The van der Waals surface area contributed by atoms with Crippen molar-refractivity contribution in [2.24, 2.45) is 0 Å². The Morgan fingerprint density at radius 2 is 1.75 bits per heavy atom. The minimum absolute atomic E-state index is 0.164. The molecule has 0 aliphatic carbocycles. The number of H-pyrrole nitrogens is 1. The van der Waals surface area contributed by atoms with Crippen LogP contribution in [0.5, 0.6) is 0 Å². The second-order valence-corrected chi connectivity index (χ2v) is 9.39. The molecule has 5 rings (SSSR count). The molecule has 9 heteroatoms. The van der Waals surface area contributed by atoms with Gasteiger partial charge in [0, 0.05) is 16.0 Å². The minimum Gasteiger partial charge on any atom is -0.411 e. The Balaban J connectivity index is 1.40. The van der Waals surface area contributed by atoms with Gasteiger partial charge in [-0.1, -0.05) is 41.6 Å². The van der Waals surface area contributed by atoms with Crippen LogP contribution in [0.4, 0.5) is 4.39 Å². The molecule has 1 N–H and O–H groups in total. The van der Waals surface area contributed by atoms with Gasteiger partial charge in [0.1, 0.15) is 16.5 Å². The van der Waals surface area contributed by atoms with Gasteiger partial charge in [0.05, 0.1) is 11.1 Å². The molecular weight excluding hydrogens is 447 g/mol. The summed E-state index contributed by atoms with van der Waals surface area (Å²) in [4.78, 5) is 22.2. The molecule has 32 heavy (non-hydrogen) atoms. The molecule has 2 aromatic carbocycles. The van der Waals surface area contributed by atoms with Crippen molar-refractivity contribution < 1.29 is 8.81 Å². The fourth-order valence-corrected chi connectivity index (χ4v) is 5.10. The first-order chi connectivity index (χ1) is 15.5. The highest BCUT2D eigenvalue weighted by molar-refractivity contribution is 7.98. The number of aromatic nitrogens is 4. The zero-order valence-electron chi connectivity index (χ0n) is 17.2. The average molecular weight is 465 g/mol. The molecule has 0 aliphatic heterocycles. The number of fused-ring (bicyclic) bond motifs is 1. The number of halogens is 1. The molecule has 160 valence electrons. The maximum absolute atomic E-state index is 13.1. The topological polar surface area (TPSA) is 84.7 Å². The molecule has 6 nitrogen and oxygen atoms in total. The van der Waals surface area contributed by atoms with Gasteiger partial charge in [-0.2, -0.15) is 0 Å². The molecule has 0 fully saturated rings. The lowest BCUT2D eigenvalue weighted by Crippen LogP contribution is -2.10. The summed E-state index contributed by atoms with van der Waals surface area (Å²) in [6, 6.07) is 14.0. The number of aromatic amines is 1. The fourth-order valence-electron chi connectivity index (χ4n) is 3.41. The number of hydrogen-bond acceptors (Lipinski definition) is 7. The summed E-state index contributed by atoms with van der Waals surface area (Å²) in [6.07, 6.45) is 0. The van der Waals surface area contributed by atoms with Crippen molar-refractivity contribution in [2.75, 3.05) is 0 Å². The third kappa shape index (κ3) is 3.96. The van der Waals surface area contributed by atoms with E-state index in [-0.39, 0.29) is 11.4 Å². The maximum atomic E-state index is 13.1. The number of rotatable bonds is 5. The van der Waals surface area contributed by atoms with Crippen molar-refractivity contribution in [3.05, 3.63) is 81.0 Å². The molecule has 0 atom stereocenters. The number of hydrogen-bond donors (Lipinski definition) is 1. The van der Waals surface area contributed by atoms with Crippen LogP contribution in [-0.4, -0.2) is 20.2 Å². The lowest BCUT2D eigenvalue weighted by Gasteiger charge is -2.03. The van der Waals surface area contributed by atoms with Crippen LogP contribution in [0.1, 0.15) is 16.3 Å². The Morgan fingerprint density at radius 1 is 1.03 bits per heavy atom. The summed E-state index contributed by atoms with van der Waals surface area (Å²) < 4.78 is 18.7. The summed E-state index contributed by atoms with van der Waals surface area (Å²) in [5, 5.41) is 8.97. The second-order valence-electron chi connectivity index (χ2n) is 7.26. The molecule has 3 heterocycles. The van der Waals surface area contributed by atoms with Crippen molar-refractivity contribution in [3.63, 3.8) is 0 Å². The Hall–Kier alpha value is -3.30. The summed E-state index contributed by atoms with van der Waals surface area (Å²) in [5.41, 5.74) is 3.58. The predicted octanol–water partition coefficient (Wildman–Crippen LogP) is 5.75. The number of aryl methyl sites for hydroxylation is 2. The monoisotopic (exact) mass is 464 g/mol. The second kappa shape index (κ2) is 8.33. The highest BCUT2D eigenvalue weighted by Gasteiger charge is 2.17. The smallest absolute Gasteiger partial charge is 0.277 e. The minimum atomic E-state index is -0.331. The van der Waals surface area contributed by atoms with E-state index in [2.05, 4.69) is 20.2 Å². The number of thiophene rings is 1. The lowest BCUT2D eigenvalue weighted by molar-refractivity contribution is 0.465. The number of thioether (sulfide) groups is 1. The van der Waals surface area contributed by atoms with Crippen LogP contribution in [0.3, 0.4) is 0 Å². The molecule has 0 aliphatic rings. The highest BCUT2D eigenvalue weighted by Crippen LogP contribution is 2.36. The molecule has 0 bridgehead atoms. The van der Waals surface area contributed by atoms with E-state index in [9.17, 15) is 9.18 Å². The van der Waals surface area contributed by atoms with E-state index in [0.29, 0.717) is 38.5 Å². The first-order valence-corrected chi connectivity index (χ1v) is 11.6. The normalized spacial score (nSPS) is 11.3. The van der Waals surface area contributed by atoms with Gasteiger partial charge in [0.25, 0.3) is 10.8 Å².